The third-order valence-electron chi connectivity index (χ3n) is 10.4. The Morgan fingerprint density at radius 2 is 1.51 bits per heavy atom. The van der Waals surface area contributed by atoms with Gasteiger partial charge in [-0.25, -0.2) is 0 Å². The number of carbonyl (C=O) groups is 2. The lowest BCUT2D eigenvalue weighted by Crippen LogP contribution is -2.45. The number of allylic oxidation sites excluding steroid dienone is 1. The molecule has 6 atom stereocenters. The Kier molecular flexibility index (Phi) is 16.3. The molecule has 5 heteroatoms. The molecule has 6 unspecified atom stereocenters. The van der Waals surface area contributed by atoms with Crippen LogP contribution in [0.15, 0.2) is 12.2 Å². The van der Waals surface area contributed by atoms with Crippen molar-refractivity contribution in [3.63, 3.8) is 0 Å². The highest BCUT2D eigenvalue weighted by molar-refractivity contribution is 5.87. The van der Waals surface area contributed by atoms with E-state index in [-0.39, 0.29) is 23.0 Å². The van der Waals surface area contributed by atoms with Gasteiger partial charge in [0.25, 0.3) is 0 Å². The first-order valence-corrected chi connectivity index (χ1v) is 18.1. The minimum absolute atomic E-state index is 0.0550. The second kappa shape index (κ2) is 18.6. The largest absolute Gasteiger partial charge is 0.375 e. The van der Waals surface area contributed by atoms with E-state index in [4.69, 9.17) is 4.74 Å². The third kappa shape index (κ3) is 16.0. The van der Waals surface area contributed by atoms with Crippen molar-refractivity contribution in [3.8, 4) is 0 Å². The number of carbonyl (C=O) groups excluding carboxylic acids is 2. The van der Waals surface area contributed by atoms with E-state index in [9.17, 15) is 9.59 Å². The molecule has 2 amide bonds. The highest BCUT2D eigenvalue weighted by Gasteiger charge is 2.38. The molecule has 43 heavy (non-hydrogen) atoms. The minimum atomic E-state index is -0.341. The van der Waals surface area contributed by atoms with Gasteiger partial charge in [0.05, 0.1) is 5.60 Å². The normalized spacial score (nSPS) is 25.1. The molecule has 2 aliphatic carbocycles. The minimum Gasteiger partial charge on any atom is -0.375 e. The molecule has 0 aliphatic heterocycles. The summed E-state index contributed by atoms with van der Waals surface area (Å²) in [7, 11) is 0. The van der Waals surface area contributed by atoms with Crippen molar-refractivity contribution in [1.82, 2.24) is 10.6 Å². The fourth-order valence-electron chi connectivity index (χ4n) is 7.31. The summed E-state index contributed by atoms with van der Waals surface area (Å²) in [6, 6.07) is 0. The van der Waals surface area contributed by atoms with Crippen LogP contribution < -0.4 is 10.6 Å². The molecular formula is C38H70N2O3. The molecule has 0 radical (unpaired) electrons. The maximum Gasteiger partial charge on any atom is 0.243 e. The van der Waals surface area contributed by atoms with Crippen LogP contribution in [0.4, 0.5) is 0 Å². The van der Waals surface area contributed by atoms with Crippen LogP contribution in [-0.4, -0.2) is 36.1 Å². The first kappa shape index (κ1) is 37.8. The quantitative estimate of drug-likeness (QED) is 0.154. The number of hydrogen-bond acceptors (Lipinski definition) is 3. The molecule has 0 aromatic rings. The van der Waals surface area contributed by atoms with Gasteiger partial charge in [-0.05, 0) is 101 Å². The lowest BCUT2D eigenvalue weighted by atomic mass is 9.81. The molecule has 2 aliphatic rings. The van der Waals surface area contributed by atoms with Crippen LogP contribution in [0.25, 0.3) is 0 Å². The van der Waals surface area contributed by atoms with Crippen LogP contribution in [0.3, 0.4) is 0 Å². The Morgan fingerprint density at radius 1 is 0.884 bits per heavy atom. The van der Waals surface area contributed by atoms with E-state index in [1.807, 2.05) is 6.08 Å². The Bertz CT molecular complexity index is 848. The second-order valence-electron chi connectivity index (χ2n) is 16.1. The lowest BCUT2D eigenvalue weighted by Gasteiger charge is -2.31. The number of ether oxygens (including phenoxy) is 1. The van der Waals surface area contributed by atoms with Crippen molar-refractivity contribution in [3.05, 3.63) is 12.2 Å². The van der Waals surface area contributed by atoms with Gasteiger partial charge in [-0.2, -0.15) is 0 Å². The summed E-state index contributed by atoms with van der Waals surface area (Å²) in [5, 5.41) is 6.25. The van der Waals surface area contributed by atoms with E-state index in [0.717, 1.165) is 36.5 Å². The summed E-state index contributed by atoms with van der Waals surface area (Å²) in [5.41, 5.74) is -0.658. The van der Waals surface area contributed by atoms with Gasteiger partial charge in [0.1, 0.15) is 0 Å². The monoisotopic (exact) mass is 603 g/mol. The number of hydrogen-bond donors (Lipinski definition) is 2. The van der Waals surface area contributed by atoms with Gasteiger partial charge < -0.3 is 15.4 Å². The highest BCUT2D eigenvalue weighted by atomic mass is 16.5. The van der Waals surface area contributed by atoms with Gasteiger partial charge in [-0.1, -0.05) is 98.5 Å². The first-order chi connectivity index (χ1) is 20.2. The predicted octanol–water partition coefficient (Wildman–Crippen LogP) is 9.25. The lowest BCUT2D eigenvalue weighted by molar-refractivity contribution is -0.124. The van der Waals surface area contributed by atoms with Crippen molar-refractivity contribution in [1.29, 1.82) is 0 Å². The average Bonchev–Trinajstić information content (AvgIpc) is 3.60. The van der Waals surface area contributed by atoms with Crippen molar-refractivity contribution in [2.24, 2.45) is 41.4 Å². The summed E-state index contributed by atoms with van der Waals surface area (Å²) < 4.78 is 6.19. The molecule has 2 rings (SSSR count). The van der Waals surface area contributed by atoms with Gasteiger partial charge in [0, 0.05) is 25.1 Å². The van der Waals surface area contributed by atoms with E-state index in [1.165, 1.54) is 70.6 Å². The molecule has 0 aromatic carbocycles. The fraction of sp³-hybridized carbons (Fsp3) is 0.895. The third-order valence-corrected chi connectivity index (χ3v) is 10.4. The van der Waals surface area contributed by atoms with Crippen LogP contribution in [0, 0.1) is 41.4 Å². The maximum atomic E-state index is 13.1. The summed E-state index contributed by atoms with van der Waals surface area (Å²) in [6.07, 6.45) is 20.7. The van der Waals surface area contributed by atoms with E-state index in [2.05, 4.69) is 72.9 Å². The summed E-state index contributed by atoms with van der Waals surface area (Å²) >= 11 is 0. The Hall–Kier alpha value is -1.36. The maximum absolute atomic E-state index is 13.1. The van der Waals surface area contributed by atoms with Gasteiger partial charge in [0.2, 0.25) is 11.8 Å². The number of amides is 2. The van der Waals surface area contributed by atoms with E-state index in [1.54, 1.807) is 6.08 Å². The highest BCUT2D eigenvalue weighted by Crippen LogP contribution is 2.48. The first-order valence-electron chi connectivity index (χ1n) is 18.1. The van der Waals surface area contributed by atoms with Gasteiger partial charge >= 0.3 is 0 Å². The Balaban J connectivity index is 1.69. The molecule has 2 saturated carbocycles. The van der Waals surface area contributed by atoms with Gasteiger partial charge in [0.15, 0.2) is 0 Å². The van der Waals surface area contributed by atoms with Crippen molar-refractivity contribution < 1.29 is 14.3 Å². The fourth-order valence-corrected chi connectivity index (χ4v) is 7.31. The van der Waals surface area contributed by atoms with Crippen molar-refractivity contribution in [2.45, 2.75) is 163 Å². The zero-order valence-electron chi connectivity index (χ0n) is 29.7. The van der Waals surface area contributed by atoms with Gasteiger partial charge in [-0.15, -0.1) is 0 Å². The molecule has 0 heterocycles. The summed E-state index contributed by atoms with van der Waals surface area (Å²) in [5.74, 6) is 5.39. The molecule has 2 fully saturated rings. The van der Waals surface area contributed by atoms with Gasteiger partial charge in [-0.3, -0.25) is 9.59 Å². The molecule has 0 aromatic heterocycles. The molecule has 250 valence electrons. The standard InChI is InChI=1S/C38H70N2O3/c1-10-14-33-27-34(33)25-29(4)31-15-11-12-16-32(18-13-17-31)30(5)26-36(42)40-37(6,7)22-24-43-38(8,9)21-23-39-35(41)20-19-28(2)3/h19-20,28-34H,10-18,21-27H2,1-9H3,(H,39,41)(H,40,42). The summed E-state index contributed by atoms with van der Waals surface area (Å²) in [6.45, 7) is 20.7. The van der Waals surface area contributed by atoms with Crippen LogP contribution >= 0.6 is 0 Å². The SMILES string of the molecule is CCCC1CC1CC(C)C1CCCCC(C(C)CC(=O)NC(C)(C)CCOC(C)(C)CCNC(=O)C=CC(C)C)CCC1. The van der Waals surface area contributed by atoms with Crippen molar-refractivity contribution in [2.75, 3.05) is 13.2 Å². The Labute approximate surface area is 266 Å². The number of rotatable bonds is 18. The number of nitrogens with one attached hydrogen (secondary N) is 2. The van der Waals surface area contributed by atoms with Crippen LogP contribution in [-0.2, 0) is 14.3 Å². The smallest absolute Gasteiger partial charge is 0.243 e. The Morgan fingerprint density at radius 3 is 2.14 bits per heavy atom. The molecule has 5 nitrogen and oxygen atoms in total. The average molecular weight is 603 g/mol. The molecule has 0 bridgehead atoms. The topological polar surface area (TPSA) is 67.4 Å². The van der Waals surface area contributed by atoms with Crippen LogP contribution in [0.1, 0.15) is 152 Å². The van der Waals surface area contributed by atoms with E-state index < -0.39 is 0 Å². The molecular weight excluding hydrogens is 532 g/mol. The second-order valence-corrected chi connectivity index (χ2v) is 16.1. The molecule has 0 saturated heterocycles. The molecule has 0 spiro atoms. The predicted molar refractivity (Wildman–Crippen MR) is 182 cm³/mol. The van der Waals surface area contributed by atoms with Crippen LogP contribution in [0.5, 0.6) is 0 Å². The van der Waals surface area contributed by atoms with Crippen LogP contribution in [0.2, 0.25) is 0 Å². The summed E-state index contributed by atoms with van der Waals surface area (Å²) in [4.78, 5) is 25.0. The zero-order chi connectivity index (χ0) is 32.0. The van der Waals surface area contributed by atoms with E-state index >= 15 is 0 Å². The zero-order valence-corrected chi connectivity index (χ0v) is 29.7. The van der Waals surface area contributed by atoms with Crippen molar-refractivity contribution >= 4 is 11.8 Å². The van der Waals surface area contributed by atoms with E-state index in [0.29, 0.717) is 37.3 Å². The molecule has 2 N–H and O–H groups in total.